The van der Waals surface area contributed by atoms with Crippen LogP contribution in [0.1, 0.15) is 53.2 Å². The molecule has 0 bridgehead atoms. The van der Waals surface area contributed by atoms with Crippen molar-refractivity contribution in [1.29, 1.82) is 0 Å². The van der Waals surface area contributed by atoms with Crippen molar-refractivity contribution in [3.8, 4) is 0 Å². The van der Waals surface area contributed by atoms with Crippen LogP contribution >= 0.6 is 11.3 Å². The van der Waals surface area contributed by atoms with E-state index in [0.29, 0.717) is 0 Å². The Morgan fingerprint density at radius 2 is 2.20 bits per heavy atom. The molecular formula is C16H23N3S. The summed E-state index contributed by atoms with van der Waals surface area (Å²) in [4.78, 5) is 3.05. The highest BCUT2D eigenvalue weighted by molar-refractivity contribution is 7.12. The maximum absolute atomic E-state index is 4.41. The molecule has 0 aliphatic heterocycles. The molecule has 2 aromatic rings. The smallest absolute Gasteiger partial charge is 0.0839 e. The first-order chi connectivity index (χ1) is 9.83. The molecule has 1 unspecified atom stereocenters. The summed E-state index contributed by atoms with van der Waals surface area (Å²) >= 11 is 2.00. The average molecular weight is 289 g/mol. The summed E-state index contributed by atoms with van der Waals surface area (Å²) in [6, 6.07) is 4.84. The van der Waals surface area contributed by atoms with Crippen LogP contribution in [0.15, 0.2) is 18.3 Å². The molecular weight excluding hydrogens is 266 g/mol. The van der Waals surface area contributed by atoms with E-state index >= 15 is 0 Å². The molecule has 0 aromatic carbocycles. The summed E-state index contributed by atoms with van der Waals surface area (Å²) in [5.74, 6) is 0. The summed E-state index contributed by atoms with van der Waals surface area (Å²) < 4.78 is 2.09. The lowest BCUT2D eigenvalue weighted by molar-refractivity contribution is 0.567. The quantitative estimate of drug-likeness (QED) is 0.873. The first kappa shape index (κ1) is 13.8. The van der Waals surface area contributed by atoms with Crippen molar-refractivity contribution in [2.24, 2.45) is 0 Å². The average Bonchev–Trinajstić information content (AvgIpc) is 3.02. The van der Waals surface area contributed by atoms with Crippen molar-refractivity contribution in [2.45, 2.75) is 51.6 Å². The molecule has 0 amide bonds. The monoisotopic (exact) mass is 289 g/mol. The Morgan fingerprint density at radius 3 is 3.00 bits per heavy atom. The number of hydrogen-bond acceptors (Lipinski definition) is 3. The van der Waals surface area contributed by atoms with Gasteiger partial charge in [0, 0.05) is 22.5 Å². The number of hydrogen-bond donors (Lipinski definition) is 1. The number of thiophene rings is 1. The van der Waals surface area contributed by atoms with Gasteiger partial charge in [0.1, 0.15) is 0 Å². The predicted molar refractivity (Wildman–Crippen MR) is 84.4 cm³/mol. The second-order valence-electron chi connectivity index (χ2n) is 5.45. The summed E-state index contributed by atoms with van der Waals surface area (Å²) in [5, 5.41) is 7.88. The van der Waals surface area contributed by atoms with E-state index in [2.05, 4.69) is 34.2 Å². The van der Waals surface area contributed by atoms with Crippen molar-refractivity contribution in [1.82, 2.24) is 15.1 Å². The number of aryl methyl sites for hydroxylation is 3. The Balaban J connectivity index is 1.94. The molecule has 1 aliphatic rings. The van der Waals surface area contributed by atoms with E-state index < -0.39 is 0 Å². The minimum atomic E-state index is 0.273. The second-order valence-corrected chi connectivity index (χ2v) is 6.62. The van der Waals surface area contributed by atoms with Gasteiger partial charge in [0.25, 0.3) is 0 Å². The van der Waals surface area contributed by atoms with Gasteiger partial charge in [-0.1, -0.05) is 6.42 Å². The minimum absolute atomic E-state index is 0.273. The van der Waals surface area contributed by atoms with Crippen LogP contribution in [-0.4, -0.2) is 16.8 Å². The summed E-state index contributed by atoms with van der Waals surface area (Å²) in [7, 11) is 2.04. The van der Waals surface area contributed by atoms with Crippen LogP contribution in [0.5, 0.6) is 0 Å². The van der Waals surface area contributed by atoms with Gasteiger partial charge in [0.05, 0.1) is 11.7 Å². The first-order valence-electron chi connectivity index (χ1n) is 7.64. The minimum Gasteiger partial charge on any atom is -0.307 e. The Labute approximate surface area is 125 Å². The van der Waals surface area contributed by atoms with Gasteiger partial charge >= 0.3 is 0 Å². The van der Waals surface area contributed by atoms with Gasteiger partial charge in [-0.05, 0) is 57.4 Å². The zero-order valence-corrected chi connectivity index (χ0v) is 13.2. The molecule has 1 N–H and O–H groups in total. The third-order valence-electron chi connectivity index (χ3n) is 4.18. The maximum Gasteiger partial charge on any atom is 0.0839 e. The fraction of sp³-hybridized carbons (Fsp3) is 0.562. The molecule has 3 nitrogen and oxygen atoms in total. The van der Waals surface area contributed by atoms with Crippen LogP contribution < -0.4 is 5.32 Å². The number of rotatable bonds is 4. The van der Waals surface area contributed by atoms with Gasteiger partial charge in [-0.2, -0.15) is 5.10 Å². The van der Waals surface area contributed by atoms with Gasteiger partial charge in [-0.25, -0.2) is 0 Å². The molecule has 20 heavy (non-hydrogen) atoms. The second kappa shape index (κ2) is 6.10. The van der Waals surface area contributed by atoms with Gasteiger partial charge in [0.15, 0.2) is 0 Å². The Bertz CT molecular complexity index is 547. The molecule has 0 saturated heterocycles. The Hall–Kier alpha value is -1.13. The predicted octanol–water partition coefficient (Wildman–Crippen LogP) is 3.54. The molecule has 1 atom stereocenters. The van der Waals surface area contributed by atoms with Crippen LogP contribution in [0.2, 0.25) is 0 Å². The molecule has 2 heterocycles. The molecule has 0 saturated carbocycles. The van der Waals surface area contributed by atoms with Gasteiger partial charge < -0.3 is 5.32 Å². The van der Waals surface area contributed by atoms with Crippen LogP contribution in [0.4, 0.5) is 0 Å². The largest absolute Gasteiger partial charge is 0.307 e. The van der Waals surface area contributed by atoms with E-state index in [-0.39, 0.29) is 6.04 Å². The lowest BCUT2D eigenvalue weighted by Crippen LogP contribution is -2.20. The van der Waals surface area contributed by atoms with Crippen LogP contribution in [-0.2, 0) is 19.4 Å². The topological polar surface area (TPSA) is 29.9 Å². The highest BCUT2D eigenvalue weighted by Crippen LogP contribution is 2.34. The Kier molecular flexibility index (Phi) is 4.22. The molecule has 3 rings (SSSR count). The number of aromatic nitrogens is 2. The number of fused-ring (bicyclic) bond motifs is 1. The van der Waals surface area contributed by atoms with Crippen molar-refractivity contribution < 1.29 is 0 Å². The zero-order chi connectivity index (χ0) is 13.9. The van der Waals surface area contributed by atoms with E-state index in [1.807, 2.05) is 24.6 Å². The van der Waals surface area contributed by atoms with Crippen molar-refractivity contribution >= 4 is 11.3 Å². The van der Waals surface area contributed by atoms with E-state index in [1.54, 1.807) is 10.4 Å². The molecule has 108 valence electrons. The van der Waals surface area contributed by atoms with Gasteiger partial charge in [-0.3, -0.25) is 4.68 Å². The third kappa shape index (κ3) is 2.54. The summed E-state index contributed by atoms with van der Waals surface area (Å²) in [5.41, 5.74) is 2.86. The molecule has 4 heteroatoms. The zero-order valence-electron chi connectivity index (χ0n) is 12.4. The lowest BCUT2D eigenvalue weighted by Gasteiger charge is -2.16. The van der Waals surface area contributed by atoms with Gasteiger partial charge in [0.2, 0.25) is 0 Å². The van der Waals surface area contributed by atoms with E-state index in [1.165, 1.54) is 42.7 Å². The first-order valence-corrected chi connectivity index (χ1v) is 8.45. The number of nitrogens with zero attached hydrogens (tertiary/aromatic N) is 2. The Morgan fingerprint density at radius 1 is 1.35 bits per heavy atom. The van der Waals surface area contributed by atoms with Crippen molar-refractivity contribution in [3.63, 3.8) is 0 Å². The molecule has 1 aliphatic carbocycles. The molecule has 0 spiro atoms. The standard InChI is InChI=1S/C16H23N3S/c1-3-19-13(9-10-18-19)16(17-2)15-11-12-7-5-4-6-8-14(12)20-15/h9-11,16-17H,3-8H2,1-2H3. The van der Waals surface area contributed by atoms with Crippen molar-refractivity contribution in [3.05, 3.63) is 39.3 Å². The highest BCUT2D eigenvalue weighted by Gasteiger charge is 2.21. The van der Waals surface area contributed by atoms with Crippen LogP contribution in [0.3, 0.4) is 0 Å². The lowest BCUT2D eigenvalue weighted by atomic mass is 10.1. The normalized spacial score (nSPS) is 16.7. The van der Waals surface area contributed by atoms with E-state index in [9.17, 15) is 0 Å². The summed E-state index contributed by atoms with van der Waals surface area (Å²) in [6.45, 7) is 3.07. The highest BCUT2D eigenvalue weighted by atomic mass is 32.1. The van der Waals surface area contributed by atoms with E-state index in [4.69, 9.17) is 0 Å². The van der Waals surface area contributed by atoms with Crippen LogP contribution in [0, 0.1) is 0 Å². The molecule has 2 aromatic heterocycles. The fourth-order valence-electron chi connectivity index (χ4n) is 3.12. The van der Waals surface area contributed by atoms with Gasteiger partial charge in [-0.15, -0.1) is 11.3 Å². The summed E-state index contributed by atoms with van der Waals surface area (Å²) in [6.07, 6.45) is 8.51. The number of nitrogens with one attached hydrogen (secondary N) is 1. The SMILES string of the molecule is CCn1nccc1C(NC)c1cc2c(s1)CCCCC2. The van der Waals surface area contributed by atoms with Crippen molar-refractivity contribution in [2.75, 3.05) is 7.05 Å². The maximum atomic E-state index is 4.41. The fourth-order valence-corrected chi connectivity index (χ4v) is 4.50. The molecule has 0 fully saturated rings. The third-order valence-corrected chi connectivity index (χ3v) is 5.49. The molecule has 0 radical (unpaired) electrons. The van der Waals surface area contributed by atoms with Crippen LogP contribution in [0.25, 0.3) is 0 Å². The van der Waals surface area contributed by atoms with E-state index in [0.717, 1.165) is 6.54 Å².